The van der Waals surface area contributed by atoms with Crippen LogP contribution in [0.3, 0.4) is 0 Å². The zero-order valence-corrected chi connectivity index (χ0v) is 18.8. The second-order valence-electron chi connectivity index (χ2n) is 9.25. The molecule has 2 aliphatic heterocycles. The Morgan fingerprint density at radius 1 is 1.07 bits per heavy atom. The summed E-state index contributed by atoms with van der Waals surface area (Å²) in [5.74, 6) is 1.74. The maximum atomic E-state index is 9.56. The van der Waals surface area contributed by atoms with Gasteiger partial charge in [-0.1, -0.05) is 19.9 Å². The zero-order valence-electron chi connectivity index (χ0n) is 18.8. The van der Waals surface area contributed by atoms with E-state index in [1.807, 2.05) is 0 Å². The van der Waals surface area contributed by atoms with Gasteiger partial charge >= 0.3 is 0 Å². The number of ether oxygens (including phenoxy) is 1. The van der Waals surface area contributed by atoms with Gasteiger partial charge in [0.25, 0.3) is 0 Å². The van der Waals surface area contributed by atoms with Crippen molar-refractivity contribution in [1.82, 2.24) is 14.7 Å². The van der Waals surface area contributed by atoms with Crippen LogP contribution in [0.15, 0.2) is 18.2 Å². The molecule has 0 aromatic heterocycles. The first-order valence-corrected chi connectivity index (χ1v) is 11.5. The van der Waals surface area contributed by atoms with Crippen molar-refractivity contribution < 1.29 is 9.84 Å². The average Bonchev–Trinajstić information content (AvgIpc) is 3.21. The van der Waals surface area contributed by atoms with Gasteiger partial charge in [-0.3, -0.25) is 14.7 Å². The average molecular weight is 404 g/mol. The van der Waals surface area contributed by atoms with Gasteiger partial charge in [0.2, 0.25) is 0 Å². The molecule has 1 unspecified atom stereocenters. The molecule has 1 aromatic carbocycles. The molecule has 1 atom stereocenters. The fourth-order valence-electron chi connectivity index (χ4n) is 4.74. The summed E-state index contributed by atoms with van der Waals surface area (Å²) in [6.45, 7) is 13.7. The van der Waals surface area contributed by atoms with Crippen molar-refractivity contribution in [2.24, 2.45) is 5.92 Å². The van der Waals surface area contributed by atoms with Crippen LogP contribution in [0.2, 0.25) is 0 Å². The Morgan fingerprint density at radius 3 is 2.55 bits per heavy atom. The van der Waals surface area contributed by atoms with E-state index < -0.39 is 0 Å². The van der Waals surface area contributed by atoms with Crippen molar-refractivity contribution in [2.45, 2.75) is 58.7 Å². The molecule has 0 aliphatic carbocycles. The lowest BCUT2D eigenvalue weighted by molar-refractivity contribution is 0.0524. The minimum atomic E-state index is 0.277. The molecule has 2 saturated heterocycles. The van der Waals surface area contributed by atoms with Crippen molar-refractivity contribution in [1.29, 1.82) is 0 Å². The van der Waals surface area contributed by atoms with Gasteiger partial charge < -0.3 is 9.84 Å². The van der Waals surface area contributed by atoms with Crippen LogP contribution >= 0.6 is 0 Å². The minimum Gasteiger partial charge on any atom is -0.496 e. The molecular weight excluding hydrogens is 362 g/mol. The lowest BCUT2D eigenvalue weighted by atomic mass is 10.0. The highest BCUT2D eigenvalue weighted by Crippen LogP contribution is 2.25. The Kier molecular flexibility index (Phi) is 8.79. The molecular formula is C24H41N3O2. The highest BCUT2D eigenvalue weighted by Gasteiger charge is 2.26. The van der Waals surface area contributed by atoms with Crippen LogP contribution in [-0.4, -0.2) is 78.8 Å². The van der Waals surface area contributed by atoms with Gasteiger partial charge in [-0.2, -0.15) is 0 Å². The third-order valence-corrected chi connectivity index (χ3v) is 6.49. The van der Waals surface area contributed by atoms with E-state index in [2.05, 4.69) is 46.7 Å². The molecule has 2 aliphatic rings. The highest BCUT2D eigenvalue weighted by atomic mass is 16.5. The van der Waals surface area contributed by atoms with Gasteiger partial charge in [-0.25, -0.2) is 0 Å². The Balaban J connectivity index is 1.61. The number of hydrogen-bond acceptors (Lipinski definition) is 5. The third-order valence-electron chi connectivity index (χ3n) is 6.49. The number of likely N-dealkylation sites (tertiary alicyclic amines) is 1. The number of aliphatic hydroxyl groups is 1. The second-order valence-corrected chi connectivity index (χ2v) is 9.25. The van der Waals surface area contributed by atoms with E-state index in [1.54, 1.807) is 7.11 Å². The van der Waals surface area contributed by atoms with E-state index >= 15 is 0 Å². The van der Waals surface area contributed by atoms with E-state index in [-0.39, 0.29) is 6.61 Å². The van der Waals surface area contributed by atoms with Crippen molar-refractivity contribution in [3.05, 3.63) is 29.3 Å². The van der Waals surface area contributed by atoms with Crippen LogP contribution < -0.4 is 4.74 Å². The van der Waals surface area contributed by atoms with E-state index in [4.69, 9.17) is 4.74 Å². The maximum Gasteiger partial charge on any atom is 0.123 e. The van der Waals surface area contributed by atoms with Gasteiger partial charge in [0.15, 0.2) is 0 Å². The van der Waals surface area contributed by atoms with Gasteiger partial charge in [0.05, 0.1) is 7.11 Å². The Morgan fingerprint density at radius 2 is 1.86 bits per heavy atom. The maximum absolute atomic E-state index is 9.56. The first-order chi connectivity index (χ1) is 14.1. The minimum absolute atomic E-state index is 0.277. The van der Waals surface area contributed by atoms with Crippen LogP contribution in [0.1, 0.15) is 50.7 Å². The smallest absolute Gasteiger partial charge is 0.123 e. The SMILES string of the molecule is COc1ccc(CN2CCN(CCC(C)C)C(CCO)C2)cc1CN1CCCC1. The normalized spacial score (nSPS) is 21.9. The number of methoxy groups -OCH3 is 1. The molecule has 5 heteroatoms. The first-order valence-electron chi connectivity index (χ1n) is 11.5. The lowest BCUT2D eigenvalue weighted by Crippen LogP contribution is -2.53. The van der Waals surface area contributed by atoms with Crippen LogP contribution in [0.4, 0.5) is 0 Å². The quantitative estimate of drug-likeness (QED) is 0.650. The Bertz CT molecular complexity index is 616. The van der Waals surface area contributed by atoms with Crippen molar-refractivity contribution in [3.63, 3.8) is 0 Å². The first kappa shape index (κ1) is 22.5. The Hall–Kier alpha value is -1.14. The molecule has 0 saturated carbocycles. The van der Waals surface area contributed by atoms with Crippen LogP contribution in [-0.2, 0) is 13.1 Å². The molecule has 0 radical (unpaired) electrons. The number of aliphatic hydroxyl groups excluding tert-OH is 1. The summed E-state index contributed by atoms with van der Waals surface area (Å²) in [6, 6.07) is 7.18. The predicted molar refractivity (Wildman–Crippen MR) is 119 cm³/mol. The monoisotopic (exact) mass is 403 g/mol. The van der Waals surface area contributed by atoms with Crippen LogP contribution in [0.5, 0.6) is 5.75 Å². The molecule has 1 N–H and O–H groups in total. The standard InChI is InChI=1S/C24H41N3O2/c1-20(2)8-12-27-14-13-26(19-23(27)9-15-28)17-21-6-7-24(29-3)22(16-21)18-25-10-4-5-11-25/h6-7,16,20,23,28H,4-5,8-15,17-19H2,1-3H3. The van der Waals surface area contributed by atoms with Crippen molar-refractivity contribution in [3.8, 4) is 5.75 Å². The molecule has 0 bridgehead atoms. The summed E-state index contributed by atoms with van der Waals surface area (Å²) in [5, 5.41) is 9.56. The summed E-state index contributed by atoms with van der Waals surface area (Å²) < 4.78 is 5.64. The summed E-state index contributed by atoms with van der Waals surface area (Å²) >= 11 is 0. The van der Waals surface area contributed by atoms with Crippen molar-refractivity contribution in [2.75, 3.05) is 53.0 Å². The molecule has 2 fully saturated rings. The molecule has 0 spiro atoms. The molecule has 164 valence electrons. The number of piperazine rings is 1. The largest absolute Gasteiger partial charge is 0.496 e. The summed E-state index contributed by atoms with van der Waals surface area (Å²) in [7, 11) is 1.78. The van der Waals surface area contributed by atoms with E-state index in [1.165, 1.54) is 43.5 Å². The summed E-state index contributed by atoms with van der Waals surface area (Å²) in [4.78, 5) is 7.69. The summed E-state index contributed by atoms with van der Waals surface area (Å²) in [5.41, 5.74) is 2.69. The number of hydrogen-bond donors (Lipinski definition) is 1. The molecule has 2 heterocycles. The topological polar surface area (TPSA) is 39.2 Å². The fourth-order valence-corrected chi connectivity index (χ4v) is 4.74. The fraction of sp³-hybridized carbons (Fsp3) is 0.750. The molecule has 1 aromatic rings. The number of rotatable bonds is 10. The van der Waals surface area contributed by atoms with Gasteiger partial charge in [0.1, 0.15) is 5.75 Å². The molecule has 3 rings (SSSR count). The van der Waals surface area contributed by atoms with Crippen LogP contribution in [0, 0.1) is 5.92 Å². The van der Waals surface area contributed by atoms with Gasteiger partial charge in [-0.05, 0) is 68.9 Å². The number of nitrogens with zero attached hydrogens (tertiary/aromatic N) is 3. The highest BCUT2D eigenvalue weighted by molar-refractivity contribution is 5.37. The van der Waals surface area contributed by atoms with Crippen molar-refractivity contribution >= 4 is 0 Å². The molecule has 0 amide bonds. The summed E-state index contributed by atoms with van der Waals surface area (Å²) in [6.07, 6.45) is 4.74. The molecule has 29 heavy (non-hydrogen) atoms. The lowest BCUT2D eigenvalue weighted by Gasteiger charge is -2.41. The van der Waals surface area contributed by atoms with E-state index in [9.17, 15) is 5.11 Å². The Labute approximate surface area is 177 Å². The van der Waals surface area contributed by atoms with Gasteiger partial charge in [-0.15, -0.1) is 0 Å². The van der Waals surface area contributed by atoms with E-state index in [0.717, 1.165) is 57.4 Å². The zero-order chi connectivity index (χ0) is 20.6. The van der Waals surface area contributed by atoms with Gasteiger partial charge in [0, 0.05) is 50.9 Å². The molecule has 5 nitrogen and oxygen atoms in total. The number of benzene rings is 1. The third kappa shape index (κ3) is 6.68. The predicted octanol–water partition coefficient (Wildman–Crippen LogP) is 3.21. The second kappa shape index (κ2) is 11.3. The van der Waals surface area contributed by atoms with E-state index in [0.29, 0.717) is 6.04 Å². The van der Waals surface area contributed by atoms with Crippen LogP contribution in [0.25, 0.3) is 0 Å².